The number of hydrogen-bond donors (Lipinski definition) is 1. The van der Waals surface area contributed by atoms with Crippen LogP contribution in [0.4, 0.5) is 0 Å². The van der Waals surface area contributed by atoms with Gasteiger partial charge in [-0.05, 0) is 42.7 Å². The predicted molar refractivity (Wildman–Crippen MR) is 87.5 cm³/mol. The van der Waals surface area contributed by atoms with Crippen LogP contribution < -0.4 is 10.5 Å². The lowest BCUT2D eigenvalue weighted by atomic mass is 9.98. The summed E-state index contributed by atoms with van der Waals surface area (Å²) in [6.07, 6.45) is 0.713. The van der Waals surface area contributed by atoms with Gasteiger partial charge in [-0.2, -0.15) is 0 Å². The van der Waals surface area contributed by atoms with Gasteiger partial charge in [0.05, 0.1) is 7.11 Å². The minimum atomic E-state index is -0.114. The maximum Gasteiger partial charge on any atom is 0.122 e. The first-order valence-corrected chi connectivity index (χ1v) is 7.52. The Balaban J connectivity index is 2.27. The van der Waals surface area contributed by atoms with Crippen LogP contribution in [0.2, 0.25) is 5.02 Å². The van der Waals surface area contributed by atoms with Gasteiger partial charge in [-0.3, -0.25) is 0 Å². The van der Waals surface area contributed by atoms with Gasteiger partial charge in [0.25, 0.3) is 0 Å². The topological polar surface area (TPSA) is 35.2 Å². The normalized spacial score (nSPS) is 12.2. The standard InChI is InChI=1S/C16H17BrClNO/c1-10-3-6-16(20-2)11(7-10)8-15(19)13-5-4-12(18)9-14(13)17/h3-7,9,15H,8,19H2,1-2H3. The molecule has 106 valence electrons. The van der Waals surface area contributed by atoms with E-state index < -0.39 is 0 Å². The number of aryl methyl sites for hydroxylation is 1. The van der Waals surface area contributed by atoms with Crippen molar-refractivity contribution in [1.29, 1.82) is 0 Å². The Morgan fingerprint density at radius 1 is 1.25 bits per heavy atom. The van der Waals surface area contributed by atoms with Crippen LogP contribution in [0.25, 0.3) is 0 Å². The highest BCUT2D eigenvalue weighted by molar-refractivity contribution is 9.10. The molecule has 0 spiro atoms. The fourth-order valence-corrected chi connectivity index (χ4v) is 3.19. The van der Waals surface area contributed by atoms with Crippen LogP contribution in [0.15, 0.2) is 40.9 Å². The van der Waals surface area contributed by atoms with Crippen LogP contribution in [-0.4, -0.2) is 7.11 Å². The summed E-state index contributed by atoms with van der Waals surface area (Å²) < 4.78 is 6.33. The maximum absolute atomic E-state index is 6.32. The third-order valence-electron chi connectivity index (χ3n) is 3.24. The van der Waals surface area contributed by atoms with Crippen LogP contribution in [-0.2, 0) is 6.42 Å². The smallest absolute Gasteiger partial charge is 0.122 e. The summed E-state index contributed by atoms with van der Waals surface area (Å²) in [5, 5.41) is 0.695. The molecule has 0 fully saturated rings. The van der Waals surface area contributed by atoms with Crippen LogP contribution in [0.1, 0.15) is 22.7 Å². The number of methoxy groups -OCH3 is 1. The van der Waals surface area contributed by atoms with Gasteiger partial charge in [0.1, 0.15) is 5.75 Å². The van der Waals surface area contributed by atoms with Gasteiger partial charge in [0.15, 0.2) is 0 Å². The molecule has 20 heavy (non-hydrogen) atoms. The first kappa shape index (κ1) is 15.4. The largest absolute Gasteiger partial charge is 0.496 e. The lowest BCUT2D eigenvalue weighted by Crippen LogP contribution is -2.14. The molecule has 0 radical (unpaired) electrons. The van der Waals surface area contributed by atoms with Crippen molar-refractivity contribution in [3.63, 3.8) is 0 Å². The van der Waals surface area contributed by atoms with E-state index in [2.05, 4.69) is 28.9 Å². The van der Waals surface area contributed by atoms with E-state index in [4.69, 9.17) is 22.1 Å². The van der Waals surface area contributed by atoms with Crippen LogP contribution in [0, 0.1) is 6.92 Å². The Bertz CT molecular complexity index is 615. The zero-order chi connectivity index (χ0) is 14.7. The van der Waals surface area contributed by atoms with Crippen molar-refractivity contribution in [1.82, 2.24) is 0 Å². The molecule has 0 aromatic heterocycles. The fourth-order valence-electron chi connectivity index (χ4n) is 2.22. The summed E-state index contributed by atoms with van der Waals surface area (Å²) >= 11 is 9.47. The molecular formula is C16H17BrClNO. The number of halogens is 2. The van der Waals surface area contributed by atoms with Gasteiger partial charge in [0, 0.05) is 15.5 Å². The first-order valence-electron chi connectivity index (χ1n) is 6.35. The molecule has 4 heteroatoms. The summed E-state index contributed by atoms with van der Waals surface area (Å²) in [5.74, 6) is 0.871. The van der Waals surface area contributed by atoms with E-state index in [1.165, 1.54) is 5.56 Å². The second-order valence-electron chi connectivity index (χ2n) is 4.79. The molecule has 2 aromatic rings. The minimum Gasteiger partial charge on any atom is -0.496 e. The molecular weight excluding hydrogens is 338 g/mol. The Morgan fingerprint density at radius 3 is 2.65 bits per heavy atom. The molecule has 0 aliphatic carbocycles. The molecule has 1 unspecified atom stereocenters. The van der Waals surface area contributed by atoms with E-state index in [0.29, 0.717) is 11.4 Å². The molecule has 1 atom stereocenters. The zero-order valence-corrected chi connectivity index (χ0v) is 13.8. The second kappa shape index (κ2) is 6.61. The first-order chi connectivity index (χ1) is 9.51. The molecule has 0 saturated heterocycles. The van der Waals surface area contributed by atoms with E-state index in [0.717, 1.165) is 21.3 Å². The Labute approximate surface area is 133 Å². The monoisotopic (exact) mass is 353 g/mol. The van der Waals surface area contributed by atoms with Crippen molar-refractivity contribution < 1.29 is 4.74 Å². The van der Waals surface area contributed by atoms with E-state index in [-0.39, 0.29) is 6.04 Å². The van der Waals surface area contributed by atoms with Gasteiger partial charge in [-0.15, -0.1) is 0 Å². The molecule has 0 bridgehead atoms. The van der Waals surface area contributed by atoms with Gasteiger partial charge in [-0.1, -0.05) is 51.3 Å². The van der Waals surface area contributed by atoms with Crippen molar-refractivity contribution in [3.8, 4) is 5.75 Å². The lowest BCUT2D eigenvalue weighted by molar-refractivity contribution is 0.408. The lowest BCUT2D eigenvalue weighted by Gasteiger charge is -2.16. The highest BCUT2D eigenvalue weighted by Crippen LogP contribution is 2.30. The number of nitrogens with two attached hydrogens (primary N) is 1. The van der Waals surface area contributed by atoms with Crippen molar-refractivity contribution >= 4 is 27.5 Å². The van der Waals surface area contributed by atoms with Crippen molar-refractivity contribution in [2.24, 2.45) is 5.73 Å². The average Bonchev–Trinajstić information content (AvgIpc) is 2.38. The highest BCUT2D eigenvalue weighted by atomic mass is 79.9. The summed E-state index contributed by atoms with van der Waals surface area (Å²) in [5.41, 5.74) is 9.67. The van der Waals surface area contributed by atoms with Crippen LogP contribution >= 0.6 is 27.5 Å². The Hall–Kier alpha value is -1.03. The maximum atomic E-state index is 6.32. The Morgan fingerprint density at radius 2 is 2.00 bits per heavy atom. The molecule has 2 rings (SSSR count). The van der Waals surface area contributed by atoms with E-state index in [1.807, 2.05) is 30.3 Å². The highest BCUT2D eigenvalue weighted by Gasteiger charge is 2.14. The molecule has 0 saturated carbocycles. The second-order valence-corrected chi connectivity index (χ2v) is 6.08. The molecule has 0 amide bonds. The quantitative estimate of drug-likeness (QED) is 0.866. The average molecular weight is 355 g/mol. The Kier molecular flexibility index (Phi) is 5.08. The van der Waals surface area contributed by atoms with E-state index in [9.17, 15) is 0 Å². The molecule has 0 aliphatic rings. The molecule has 2 N–H and O–H groups in total. The zero-order valence-electron chi connectivity index (χ0n) is 11.5. The predicted octanol–water partition coefficient (Wildman–Crippen LogP) is 4.66. The molecule has 2 nitrogen and oxygen atoms in total. The van der Waals surface area contributed by atoms with Gasteiger partial charge < -0.3 is 10.5 Å². The fraction of sp³-hybridized carbons (Fsp3) is 0.250. The third-order valence-corrected chi connectivity index (χ3v) is 4.16. The molecule has 0 aliphatic heterocycles. The summed E-state index contributed by atoms with van der Waals surface area (Å²) in [7, 11) is 1.68. The van der Waals surface area contributed by atoms with Crippen LogP contribution in [0.5, 0.6) is 5.75 Å². The van der Waals surface area contributed by atoms with Gasteiger partial charge >= 0.3 is 0 Å². The van der Waals surface area contributed by atoms with Gasteiger partial charge in [-0.25, -0.2) is 0 Å². The van der Waals surface area contributed by atoms with Crippen molar-refractivity contribution in [2.45, 2.75) is 19.4 Å². The summed E-state index contributed by atoms with van der Waals surface area (Å²) in [4.78, 5) is 0. The molecule has 0 heterocycles. The summed E-state index contributed by atoms with van der Waals surface area (Å²) in [6, 6.07) is 11.7. The van der Waals surface area contributed by atoms with Crippen molar-refractivity contribution in [2.75, 3.05) is 7.11 Å². The van der Waals surface area contributed by atoms with E-state index >= 15 is 0 Å². The summed E-state index contributed by atoms with van der Waals surface area (Å²) in [6.45, 7) is 2.06. The van der Waals surface area contributed by atoms with Crippen LogP contribution in [0.3, 0.4) is 0 Å². The van der Waals surface area contributed by atoms with E-state index in [1.54, 1.807) is 7.11 Å². The van der Waals surface area contributed by atoms with Crippen molar-refractivity contribution in [3.05, 3.63) is 62.6 Å². The van der Waals surface area contributed by atoms with Gasteiger partial charge in [0.2, 0.25) is 0 Å². The number of ether oxygens (including phenoxy) is 1. The minimum absolute atomic E-state index is 0.114. The third kappa shape index (κ3) is 3.54. The molecule has 2 aromatic carbocycles. The SMILES string of the molecule is COc1ccc(C)cc1CC(N)c1ccc(Cl)cc1Br. The number of rotatable bonds is 4. The number of benzene rings is 2. The number of hydrogen-bond acceptors (Lipinski definition) is 2.